The van der Waals surface area contributed by atoms with Crippen molar-refractivity contribution in [3.05, 3.63) is 11.6 Å². The first-order valence-electron chi connectivity index (χ1n) is 3.88. The van der Waals surface area contributed by atoms with Gasteiger partial charge in [0.05, 0.1) is 11.5 Å². The lowest BCUT2D eigenvalue weighted by Gasteiger charge is -2.26. The van der Waals surface area contributed by atoms with E-state index in [9.17, 15) is 9.90 Å². The second kappa shape index (κ2) is 4.11. The number of hydrogen-bond acceptors (Lipinski definition) is 2. The summed E-state index contributed by atoms with van der Waals surface area (Å²) in [6, 6.07) is 0. The second-order valence-electron chi connectivity index (χ2n) is 3.48. The molecule has 0 aliphatic rings. The Labute approximate surface area is 78.1 Å². The van der Waals surface area contributed by atoms with Gasteiger partial charge < -0.3 is 10.2 Å². The van der Waals surface area contributed by atoms with Crippen molar-refractivity contribution in [2.24, 2.45) is 5.41 Å². The Morgan fingerprint density at radius 2 is 2.08 bits per heavy atom. The van der Waals surface area contributed by atoms with Crippen molar-refractivity contribution in [1.82, 2.24) is 0 Å². The molecule has 0 amide bonds. The highest BCUT2D eigenvalue weighted by atomic mass is 16.4. The van der Waals surface area contributed by atoms with Gasteiger partial charge >= 0.3 is 5.97 Å². The molecule has 0 radical (unpaired) electrons. The summed E-state index contributed by atoms with van der Waals surface area (Å²) in [6.45, 7) is 4.51. The fraction of sp³-hybridized carbons (Fsp3) is 0.500. The number of carboxylic acid groups (broad SMARTS) is 1. The average molecular weight is 182 g/mol. The molecule has 0 fully saturated rings. The van der Waals surface area contributed by atoms with Gasteiger partial charge in [-0.2, -0.15) is 0 Å². The summed E-state index contributed by atoms with van der Waals surface area (Å²) in [6.07, 6.45) is 5.32. The van der Waals surface area contributed by atoms with Gasteiger partial charge in [0.15, 0.2) is 0 Å². The zero-order chi connectivity index (χ0) is 10.6. The Kier molecular flexibility index (Phi) is 3.70. The van der Waals surface area contributed by atoms with Gasteiger partial charge in [-0.1, -0.05) is 5.92 Å². The molecule has 0 heterocycles. The van der Waals surface area contributed by atoms with Gasteiger partial charge in [0.25, 0.3) is 0 Å². The van der Waals surface area contributed by atoms with Crippen molar-refractivity contribution >= 4 is 5.97 Å². The highest BCUT2D eigenvalue weighted by Crippen LogP contribution is 2.25. The Bertz CT molecular complexity index is 268. The fourth-order valence-corrected chi connectivity index (χ4v) is 0.897. The smallest absolute Gasteiger partial charge is 0.312 e. The molecule has 2 N–H and O–H groups in total. The van der Waals surface area contributed by atoms with Crippen LogP contribution in [-0.4, -0.2) is 22.3 Å². The van der Waals surface area contributed by atoms with E-state index >= 15 is 0 Å². The summed E-state index contributed by atoms with van der Waals surface area (Å²) >= 11 is 0. The molecule has 1 atom stereocenters. The molecule has 0 aromatic carbocycles. The molecule has 0 bridgehead atoms. The molecule has 72 valence electrons. The molecule has 0 spiro atoms. The molecule has 0 unspecified atom stereocenters. The predicted molar refractivity (Wildman–Crippen MR) is 50.0 cm³/mol. The van der Waals surface area contributed by atoms with E-state index < -0.39 is 17.5 Å². The monoisotopic (exact) mass is 182 g/mol. The van der Waals surface area contributed by atoms with E-state index in [0.717, 1.165) is 0 Å². The minimum atomic E-state index is -1.21. The van der Waals surface area contributed by atoms with Crippen molar-refractivity contribution in [2.45, 2.75) is 26.9 Å². The van der Waals surface area contributed by atoms with Crippen LogP contribution in [0.15, 0.2) is 11.6 Å². The van der Waals surface area contributed by atoms with E-state index in [4.69, 9.17) is 11.5 Å². The Balaban J connectivity index is 4.81. The van der Waals surface area contributed by atoms with Gasteiger partial charge in [0, 0.05) is 0 Å². The molecule has 0 saturated carbocycles. The normalized spacial score (nSPS) is 14.8. The number of hydrogen-bond donors (Lipinski definition) is 2. The number of carboxylic acids is 1. The molecule has 0 rings (SSSR count). The van der Waals surface area contributed by atoms with Crippen LogP contribution in [0.3, 0.4) is 0 Å². The van der Waals surface area contributed by atoms with Crippen LogP contribution >= 0.6 is 0 Å². The number of rotatable bonds is 3. The van der Waals surface area contributed by atoms with E-state index in [1.807, 2.05) is 0 Å². The molecular formula is C10H14O3. The van der Waals surface area contributed by atoms with Gasteiger partial charge in [0.2, 0.25) is 0 Å². The maximum absolute atomic E-state index is 10.7. The SMILES string of the molecule is C#C/C=C(/C)[C@@H](O)C(C)(C)C(=O)O. The quantitative estimate of drug-likeness (QED) is 0.641. The molecule has 0 aromatic rings. The van der Waals surface area contributed by atoms with Crippen molar-refractivity contribution in [2.75, 3.05) is 0 Å². The van der Waals surface area contributed by atoms with Crippen LogP contribution in [-0.2, 0) is 4.79 Å². The Morgan fingerprint density at radius 1 is 1.62 bits per heavy atom. The fourth-order valence-electron chi connectivity index (χ4n) is 0.897. The summed E-state index contributed by atoms with van der Waals surface area (Å²) < 4.78 is 0. The van der Waals surface area contributed by atoms with E-state index in [0.29, 0.717) is 5.57 Å². The van der Waals surface area contributed by atoms with E-state index in [1.165, 1.54) is 19.9 Å². The van der Waals surface area contributed by atoms with Crippen LogP contribution in [0.1, 0.15) is 20.8 Å². The molecule has 0 aromatic heterocycles. The highest BCUT2D eigenvalue weighted by molar-refractivity contribution is 5.75. The third kappa shape index (κ3) is 2.60. The number of aliphatic hydroxyl groups is 1. The van der Waals surface area contributed by atoms with Crippen LogP contribution < -0.4 is 0 Å². The molecule has 0 aliphatic heterocycles. The first kappa shape index (κ1) is 11.7. The van der Waals surface area contributed by atoms with E-state index in [1.54, 1.807) is 6.92 Å². The largest absolute Gasteiger partial charge is 0.481 e. The standard InChI is InChI=1S/C10H14O3/c1-5-6-7(2)8(11)10(3,4)9(12)13/h1,6,8,11H,2-4H3,(H,12,13)/b7-6-/t8-/m1/s1. The second-order valence-corrected chi connectivity index (χ2v) is 3.48. The van der Waals surface area contributed by atoms with Crippen molar-refractivity contribution in [3.8, 4) is 12.3 Å². The minimum absolute atomic E-state index is 0.481. The van der Waals surface area contributed by atoms with Crippen molar-refractivity contribution in [3.63, 3.8) is 0 Å². The van der Waals surface area contributed by atoms with Crippen LogP contribution in [0.2, 0.25) is 0 Å². The number of carbonyl (C=O) groups is 1. The van der Waals surface area contributed by atoms with Crippen molar-refractivity contribution in [1.29, 1.82) is 0 Å². The lowest BCUT2D eigenvalue weighted by atomic mass is 9.83. The van der Waals surface area contributed by atoms with Gasteiger partial charge in [-0.15, -0.1) is 6.42 Å². The zero-order valence-corrected chi connectivity index (χ0v) is 8.03. The lowest BCUT2D eigenvalue weighted by molar-refractivity contribution is -0.151. The van der Waals surface area contributed by atoms with Crippen LogP contribution in [0, 0.1) is 17.8 Å². The number of allylic oxidation sites excluding steroid dienone is 1. The first-order valence-corrected chi connectivity index (χ1v) is 3.88. The molecular weight excluding hydrogens is 168 g/mol. The lowest BCUT2D eigenvalue weighted by Crippen LogP contribution is -2.37. The predicted octanol–water partition coefficient (Wildman–Crippen LogP) is 1.04. The summed E-state index contributed by atoms with van der Waals surface area (Å²) in [4.78, 5) is 10.7. The zero-order valence-electron chi connectivity index (χ0n) is 8.03. The number of terminal acetylenes is 1. The summed E-state index contributed by atoms with van der Waals surface area (Å²) in [5.41, 5.74) is -0.729. The molecule has 0 saturated heterocycles. The summed E-state index contributed by atoms with van der Waals surface area (Å²) in [7, 11) is 0. The van der Waals surface area contributed by atoms with Crippen LogP contribution in [0.25, 0.3) is 0 Å². The summed E-state index contributed by atoms with van der Waals surface area (Å²) in [5.74, 6) is 1.19. The van der Waals surface area contributed by atoms with Gasteiger partial charge in [0.1, 0.15) is 0 Å². The van der Waals surface area contributed by atoms with Crippen LogP contribution in [0.4, 0.5) is 0 Å². The van der Waals surface area contributed by atoms with E-state index in [-0.39, 0.29) is 0 Å². The maximum Gasteiger partial charge on any atom is 0.312 e. The Morgan fingerprint density at radius 3 is 2.38 bits per heavy atom. The topological polar surface area (TPSA) is 57.5 Å². The van der Waals surface area contributed by atoms with Gasteiger partial charge in [-0.05, 0) is 32.4 Å². The summed E-state index contributed by atoms with van der Waals surface area (Å²) in [5, 5.41) is 18.4. The third-order valence-corrected chi connectivity index (χ3v) is 1.98. The molecule has 13 heavy (non-hydrogen) atoms. The van der Waals surface area contributed by atoms with E-state index in [2.05, 4.69) is 5.92 Å². The molecule has 0 aliphatic carbocycles. The van der Waals surface area contributed by atoms with Crippen LogP contribution in [0.5, 0.6) is 0 Å². The minimum Gasteiger partial charge on any atom is -0.481 e. The maximum atomic E-state index is 10.7. The molecule has 3 heteroatoms. The Hall–Kier alpha value is -1.27. The highest BCUT2D eigenvalue weighted by Gasteiger charge is 2.36. The number of aliphatic carboxylic acids is 1. The van der Waals surface area contributed by atoms with Gasteiger partial charge in [-0.3, -0.25) is 4.79 Å². The average Bonchev–Trinajstić information content (AvgIpc) is 2.03. The number of aliphatic hydroxyl groups excluding tert-OH is 1. The first-order chi connectivity index (χ1) is 5.84. The molecule has 3 nitrogen and oxygen atoms in total. The van der Waals surface area contributed by atoms with Crippen molar-refractivity contribution < 1.29 is 15.0 Å². The third-order valence-electron chi connectivity index (χ3n) is 1.98. The van der Waals surface area contributed by atoms with Gasteiger partial charge in [-0.25, -0.2) is 0 Å².